The van der Waals surface area contributed by atoms with Crippen LogP contribution in [0.4, 0.5) is 4.79 Å². The monoisotopic (exact) mass is 371 g/mol. The number of ether oxygens (including phenoxy) is 1. The van der Waals surface area contributed by atoms with Crippen molar-refractivity contribution >= 4 is 12.0 Å². The highest BCUT2D eigenvalue weighted by Gasteiger charge is 2.18. The molecule has 0 aliphatic carbocycles. The number of alkyl carbamates (subject to hydrolysis) is 1. The maximum absolute atomic E-state index is 12.5. The molecule has 5 N–H and O–H groups in total. The number of nitrogens with two attached hydrogens (primary N) is 1. The van der Waals surface area contributed by atoms with Gasteiger partial charge in [0.05, 0.1) is 11.6 Å². The van der Waals surface area contributed by atoms with Gasteiger partial charge in [0.1, 0.15) is 12.4 Å². The summed E-state index contributed by atoms with van der Waals surface area (Å²) >= 11 is 0. The van der Waals surface area contributed by atoms with Crippen LogP contribution in [0, 0.1) is 0 Å². The van der Waals surface area contributed by atoms with Gasteiger partial charge in [-0.1, -0.05) is 42.5 Å². The van der Waals surface area contributed by atoms with E-state index in [1.54, 1.807) is 12.1 Å². The number of hydrogen-bond acceptors (Lipinski definition) is 5. The summed E-state index contributed by atoms with van der Waals surface area (Å²) in [7, 11) is 0. The lowest BCUT2D eigenvalue weighted by atomic mass is 10.1. The molecule has 0 heterocycles. The van der Waals surface area contributed by atoms with Gasteiger partial charge in [0.15, 0.2) is 0 Å². The minimum absolute atomic E-state index is 0.00267. The molecule has 0 saturated carbocycles. The molecule has 0 spiro atoms. The molecule has 0 aliphatic rings. The van der Waals surface area contributed by atoms with Crippen molar-refractivity contribution in [3.63, 3.8) is 0 Å². The van der Waals surface area contributed by atoms with E-state index in [0.29, 0.717) is 25.9 Å². The zero-order valence-electron chi connectivity index (χ0n) is 15.1. The third-order valence-electron chi connectivity index (χ3n) is 3.87. The maximum Gasteiger partial charge on any atom is 0.407 e. The van der Waals surface area contributed by atoms with Gasteiger partial charge < -0.3 is 26.2 Å². The van der Waals surface area contributed by atoms with Gasteiger partial charge in [-0.2, -0.15) is 0 Å². The third kappa shape index (κ3) is 6.99. The van der Waals surface area contributed by atoms with Crippen LogP contribution >= 0.6 is 0 Å². The first-order valence-electron chi connectivity index (χ1n) is 8.83. The third-order valence-corrected chi connectivity index (χ3v) is 3.87. The Labute approximate surface area is 158 Å². The number of nitrogens with one attached hydrogen (secondary N) is 2. The molecule has 0 saturated heterocycles. The molecule has 0 aromatic heterocycles. The van der Waals surface area contributed by atoms with E-state index in [1.165, 1.54) is 12.1 Å². The van der Waals surface area contributed by atoms with Crippen LogP contribution in [0.15, 0.2) is 54.6 Å². The van der Waals surface area contributed by atoms with E-state index in [1.807, 2.05) is 30.3 Å². The largest absolute Gasteiger partial charge is 0.507 e. The van der Waals surface area contributed by atoms with Crippen molar-refractivity contribution in [3.05, 3.63) is 65.7 Å². The SMILES string of the molecule is NCCCNC(=O)OC[C@H](Cc1ccccc1)NC(=O)c1ccccc1O. The summed E-state index contributed by atoms with van der Waals surface area (Å²) in [6, 6.07) is 15.4. The molecule has 2 aromatic carbocycles. The van der Waals surface area contributed by atoms with Gasteiger partial charge in [0.25, 0.3) is 5.91 Å². The molecule has 144 valence electrons. The van der Waals surface area contributed by atoms with Gasteiger partial charge in [-0.05, 0) is 37.1 Å². The number of rotatable bonds is 9. The Bertz CT molecular complexity index is 737. The van der Waals surface area contributed by atoms with Crippen LogP contribution in [0.5, 0.6) is 5.75 Å². The number of aromatic hydroxyl groups is 1. The van der Waals surface area contributed by atoms with Gasteiger partial charge in [0, 0.05) is 6.54 Å². The fourth-order valence-corrected chi connectivity index (χ4v) is 2.50. The highest BCUT2D eigenvalue weighted by atomic mass is 16.5. The highest BCUT2D eigenvalue weighted by Crippen LogP contribution is 2.15. The molecular weight excluding hydrogens is 346 g/mol. The first-order chi connectivity index (χ1) is 13.1. The van der Waals surface area contributed by atoms with Crippen LogP contribution in [0.3, 0.4) is 0 Å². The first-order valence-corrected chi connectivity index (χ1v) is 8.83. The summed E-state index contributed by atoms with van der Waals surface area (Å²) in [5, 5.41) is 15.3. The van der Waals surface area contributed by atoms with Crippen LogP contribution in [0.25, 0.3) is 0 Å². The molecule has 0 aliphatic heterocycles. The fourth-order valence-electron chi connectivity index (χ4n) is 2.50. The van der Waals surface area contributed by atoms with Crippen molar-refractivity contribution in [1.29, 1.82) is 0 Å². The normalized spacial score (nSPS) is 11.4. The van der Waals surface area contributed by atoms with Crippen molar-refractivity contribution in [2.45, 2.75) is 18.9 Å². The van der Waals surface area contributed by atoms with Crippen molar-refractivity contribution in [3.8, 4) is 5.75 Å². The van der Waals surface area contributed by atoms with Gasteiger partial charge in [-0.25, -0.2) is 4.79 Å². The summed E-state index contributed by atoms with van der Waals surface area (Å²) in [5.41, 5.74) is 6.55. The van der Waals surface area contributed by atoms with Crippen LogP contribution in [-0.2, 0) is 11.2 Å². The van der Waals surface area contributed by atoms with E-state index in [2.05, 4.69) is 10.6 Å². The minimum Gasteiger partial charge on any atom is -0.507 e. The Hall–Kier alpha value is -3.06. The molecule has 7 heteroatoms. The molecule has 0 bridgehead atoms. The Balaban J connectivity index is 1.99. The zero-order valence-corrected chi connectivity index (χ0v) is 15.1. The predicted molar refractivity (Wildman–Crippen MR) is 103 cm³/mol. The number of carbonyl (C=O) groups excluding carboxylic acids is 2. The molecule has 0 unspecified atom stereocenters. The van der Waals surface area contributed by atoms with E-state index in [0.717, 1.165) is 5.56 Å². The Morgan fingerprint density at radius 1 is 1.07 bits per heavy atom. The van der Waals surface area contributed by atoms with Crippen LogP contribution < -0.4 is 16.4 Å². The summed E-state index contributed by atoms with van der Waals surface area (Å²) in [6.45, 7) is 0.916. The number of carbonyl (C=O) groups is 2. The Morgan fingerprint density at radius 2 is 1.78 bits per heavy atom. The van der Waals surface area contributed by atoms with E-state index < -0.39 is 18.0 Å². The van der Waals surface area contributed by atoms with Gasteiger partial charge >= 0.3 is 6.09 Å². The van der Waals surface area contributed by atoms with Crippen molar-refractivity contribution < 1.29 is 19.4 Å². The minimum atomic E-state index is -0.557. The topological polar surface area (TPSA) is 114 Å². The number of benzene rings is 2. The lowest BCUT2D eigenvalue weighted by molar-refractivity contribution is 0.0890. The quantitative estimate of drug-likeness (QED) is 0.502. The van der Waals surface area contributed by atoms with E-state index >= 15 is 0 Å². The Morgan fingerprint density at radius 3 is 2.48 bits per heavy atom. The fraction of sp³-hybridized carbons (Fsp3) is 0.300. The Kier molecular flexibility index (Phi) is 8.12. The first kappa shape index (κ1) is 20.3. The van der Waals surface area contributed by atoms with Gasteiger partial charge in [-0.3, -0.25) is 4.79 Å². The summed E-state index contributed by atoms with van der Waals surface area (Å²) in [5.74, 6) is -0.532. The smallest absolute Gasteiger partial charge is 0.407 e. The molecule has 2 amide bonds. The molecule has 0 fully saturated rings. The number of para-hydroxylation sites is 1. The van der Waals surface area contributed by atoms with Crippen molar-refractivity contribution in [2.75, 3.05) is 19.7 Å². The average molecular weight is 371 g/mol. The molecule has 7 nitrogen and oxygen atoms in total. The number of amides is 2. The summed E-state index contributed by atoms with van der Waals surface area (Å²) < 4.78 is 5.22. The number of phenolic OH excluding ortho intramolecular Hbond substituents is 1. The number of hydrogen-bond donors (Lipinski definition) is 4. The second kappa shape index (κ2) is 10.8. The molecule has 27 heavy (non-hydrogen) atoms. The highest BCUT2D eigenvalue weighted by molar-refractivity contribution is 5.96. The maximum atomic E-state index is 12.5. The van der Waals surface area contributed by atoms with E-state index in [9.17, 15) is 14.7 Å². The number of phenols is 1. The van der Waals surface area contributed by atoms with E-state index in [4.69, 9.17) is 10.5 Å². The lowest BCUT2D eigenvalue weighted by Crippen LogP contribution is -2.41. The van der Waals surface area contributed by atoms with Gasteiger partial charge in [0.2, 0.25) is 0 Å². The summed E-state index contributed by atoms with van der Waals surface area (Å²) in [6.07, 6.45) is 0.585. The second-order valence-corrected chi connectivity index (χ2v) is 6.04. The molecule has 2 aromatic rings. The molecular formula is C20H25N3O4. The molecule has 2 rings (SSSR count). The van der Waals surface area contributed by atoms with Crippen LogP contribution in [0.1, 0.15) is 22.3 Å². The lowest BCUT2D eigenvalue weighted by Gasteiger charge is -2.19. The average Bonchev–Trinajstić information content (AvgIpc) is 2.67. The van der Waals surface area contributed by atoms with Crippen LogP contribution in [-0.4, -0.2) is 42.8 Å². The second-order valence-electron chi connectivity index (χ2n) is 6.04. The molecule has 0 radical (unpaired) electrons. The summed E-state index contributed by atoms with van der Waals surface area (Å²) in [4.78, 5) is 24.2. The zero-order chi connectivity index (χ0) is 19.5. The van der Waals surface area contributed by atoms with Crippen molar-refractivity contribution in [2.24, 2.45) is 5.73 Å². The van der Waals surface area contributed by atoms with E-state index in [-0.39, 0.29) is 17.9 Å². The van der Waals surface area contributed by atoms with Crippen LogP contribution in [0.2, 0.25) is 0 Å². The standard InChI is InChI=1S/C20H25N3O4/c21-11-6-12-22-20(26)27-14-16(13-15-7-2-1-3-8-15)23-19(25)17-9-4-5-10-18(17)24/h1-5,7-10,16,24H,6,11-14,21H2,(H,22,26)(H,23,25)/t16-/m0/s1. The predicted octanol–water partition coefficient (Wildman–Crippen LogP) is 1.81. The van der Waals surface area contributed by atoms with Gasteiger partial charge in [-0.15, -0.1) is 0 Å². The molecule has 1 atom stereocenters. The van der Waals surface area contributed by atoms with Crippen molar-refractivity contribution in [1.82, 2.24) is 10.6 Å².